The molecule has 0 heterocycles. The topological polar surface area (TPSA) is 41.1 Å². The molecule has 2 amide bonds. The summed E-state index contributed by atoms with van der Waals surface area (Å²) in [6.07, 6.45) is 2.17. The molecule has 2 rings (SSSR count). The normalized spacial score (nSPS) is 14.8. The molecule has 2 N–H and O–H groups in total. The minimum Gasteiger partial charge on any atom is -0.335 e. The summed E-state index contributed by atoms with van der Waals surface area (Å²) in [5.74, 6) is 0. The molecule has 4 heteroatoms. The predicted octanol–water partition coefficient (Wildman–Crippen LogP) is 2.93. The first kappa shape index (κ1) is 10.3. The maximum Gasteiger partial charge on any atom is 0.319 e. The molecule has 15 heavy (non-hydrogen) atoms. The van der Waals surface area contributed by atoms with Gasteiger partial charge in [0.1, 0.15) is 0 Å². The third-order valence-corrected chi connectivity index (χ3v) is 2.75. The van der Waals surface area contributed by atoms with Crippen molar-refractivity contribution in [2.75, 3.05) is 5.32 Å². The quantitative estimate of drug-likeness (QED) is 0.797. The maximum absolute atomic E-state index is 11.4. The van der Waals surface area contributed by atoms with E-state index in [-0.39, 0.29) is 6.03 Å². The molecule has 1 saturated carbocycles. The van der Waals surface area contributed by atoms with Crippen LogP contribution < -0.4 is 10.6 Å². The van der Waals surface area contributed by atoms with Crippen LogP contribution in [0.2, 0.25) is 5.02 Å². The van der Waals surface area contributed by atoms with Gasteiger partial charge in [0.25, 0.3) is 0 Å². The molecule has 1 aliphatic rings. The number of urea groups is 1. The number of carbonyl (C=O) groups is 1. The standard InChI is InChI=1S/C11H13ClN2O/c1-7-2-3-9(6-10(7)12)14-11(15)13-8-4-5-8/h2-3,6,8H,4-5H2,1H3,(H2,13,14,15). The van der Waals surface area contributed by atoms with Crippen molar-refractivity contribution >= 4 is 23.3 Å². The van der Waals surface area contributed by atoms with Crippen molar-refractivity contribution in [3.8, 4) is 0 Å². The monoisotopic (exact) mass is 224 g/mol. The van der Waals surface area contributed by atoms with E-state index in [1.54, 1.807) is 6.07 Å². The van der Waals surface area contributed by atoms with Gasteiger partial charge in [0.05, 0.1) is 0 Å². The maximum atomic E-state index is 11.4. The molecule has 0 bridgehead atoms. The summed E-state index contributed by atoms with van der Waals surface area (Å²) in [5, 5.41) is 6.26. The highest BCUT2D eigenvalue weighted by Gasteiger charge is 2.23. The van der Waals surface area contributed by atoms with E-state index in [0.29, 0.717) is 11.1 Å². The molecular formula is C11H13ClN2O. The first-order valence-corrected chi connectivity index (χ1v) is 5.36. The van der Waals surface area contributed by atoms with Crippen molar-refractivity contribution < 1.29 is 4.79 Å². The third kappa shape index (κ3) is 2.86. The summed E-state index contributed by atoms with van der Waals surface area (Å²) in [7, 11) is 0. The second-order valence-corrected chi connectivity index (χ2v) is 4.24. The van der Waals surface area contributed by atoms with E-state index in [9.17, 15) is 4.79 Å². The second-order valence-electron chi connectivity index (χ2n) is 3.84. The fourth-order valence-corrected chi connectivity index (χ4v) is 1.43. The second kappa shape index (κ2) is 4.11. The van der Waals surface area contributed by atoms with Gasteiger partial charge < -0.3 is 10.6 Å². The molecule has 0 saturated heterocycles. The average Bonchev–Trinajstić information content (AvgIpc) is 2.95. The van der Waals surface area contributed by atoms with Gasteiger partial charge in [0, 0.05) is 16.8 Å². The van der Waals surface area contributed by atoms with Gasteiger partial charge in [-0.15, -0.1) is 0 Å². The van der Waals surface area contributed by atoms with Crippen molar-refractivity contribution in [3.63, 3.8) is 0 Å². The number of aryl methyl sites for hydroxylation is 1. The molecule has 0 radical (unpaired) electrons. The van der Waals surface area contributed by atoms with Gasteiger partial charge in [-0.1, -0.05) is 17.7 Å². The Balaban J connectivity index is 1.97. The Labute approximate surface area is 93.8 Å². The van der Waals surface area contributed by atoms with Crippen LogP contribution in [0.15, 0.2) is 18.2 Å². The Morgan fingerprint density at radius 2 is 2.20 bits per heavy atom. The molecule has 0 unspecified atom stereocenters. The zero-order valence-corrected chi connectivity index (χ0v) is 9.27. The molecule has 1 aromatic rings. The van der Waals surface area contributed by atoms with Crippen LogP contribution in [0.25, 0.3) is 0 Å². The van der Waals surface area contributed by atoms with E-state index in [0.717, 1.165) is 24.1 Å². The zero-order valence-electron chi connectivity index (χ0n) is 8.51. The first-order chi connectivity index (χ1) is 7.15. The van der Waals surface area contributed by atoms with Gasteiger partial charge in [-0.25, -0.2) is 4.79 Å². The van der Waals surface area contributed by atoms with E-state index < -0.39 is 0 Å². The highest BCUT2D eigenvalue weighted by molar-refractivity contribution is 6.31. The minimum atomic E-state index is -0.155. The van der Waals surface area contributed by atoms with Crippen molar-refractivity contribution in [3.05, 3.63) is 28.8 Å². The Morgan fingerprint density at radius 1 is 1.47 bits per heavy atom. The molecule has 0 aromatic heterocycles. The first-order valence-electron chi connectivity index (χ1n) is 4.99. The van der Waals surface area contributed by atoms with Crippen molar-refractivity contribution in [1.82, 2.24) is 5.32 Å². The number of amides is 2. The van der Waals surface area contributed by atoms with Crippen LogP contribution in [-0.2, 0) is 0 Å². The summed E-state index contributed by atoms with van der Waals surface area (Å²) in [4.78, 5) is 11.4. The fourth-order valence-electron chi connectivity index (χ4n) is 1.25. The summed E-state index contributed by atoms with van der Waals surface area (Å²) >= 11 is 5.94. The van der Waals surface area contributed by atoms with Crippen molar-refractivity contribution in [1.29, 1.82) is 0 Å². The lowest BCUT2D eigenvalue weighted by Gasteiger charge is -2.07. The van der Waals surface area contributed by atoms with E-state index in [4.69, 9.17) is 11.6 Å². The Morgan fingerprint density at radius 3 is 2.80 bits per heavy atom. The summed E-state index contributed by atoms with van der Waals surface area (Å²) in [6, 6.07) is 5.69. The lowest BCUT2D eigenvalue weighted by molar-refractivity contribution is 0.251. The van der Waals surface area contributed by atoms with E-state index in [1.165, 1.54) is 0 Å². The van der Waals surface area contributed by atoms with Crippen LogP contribution in [0, 0.1) is 6.92 Å². The largest absolute Gasteiger partial charge is 0.335 e. The predicted molar refractivity (Wildman–Crippen MR) is 61.4 cm³/mol. The van der Waals surface area contributed by atoms with E-state index in [2.05, 4.69) is 10.6 Å². The lowest BCUT2D eigenvalue weighted by Crippen LogP contribution is -2.30. The molecule has 1 aliphatic carbocycles. The molecule has 80 valence electrons. The van der Waals surface area contributed by atoms with E-state index >= 15 is 0 Å². The molecule has 1 fully saturated rings. The molecular weight excluding hydrogens is 212 g/mol. The fraction of sp³-hybridized carbons (Fsp3) is 0.364. The van der Waals surface area contributed by atoms with Gasteiger partial charge in [0.15, 0.2) is 0 Å². The number of carbonyl (C=O) groups excluding carboxylic acids is 1. The van der Waals surface area contributed by atoms with Gasteiger partial charge in [-0.2, -0.15) is 0 Å². The van der Waals surface area contributed by atoms with Crippen molar-refractivity contribution in [2.45, 2.75) is 25.8 Å². The number of hydrogen-bond acceptors (Lipinski definition) is 1. The van der Waals surface area contributed by atoms with Crippen molar-refractivity contribution in [2.24, 2.45) is 0 Å². The average molecular weight is 225 g/mol. The minimum absolute atomic E-state index is 0.155. The van der Waals surface area contributed by atoms with Crippen LogP contribution in [0.1, 0.15) is 18.4 Å². The third-order valence-electron chi connectivity index (χ3n) is 2.34. The number of halogens is 1. The summed E-state index contributed by atoms with van der Waals surface area (Å²) in [6.45, 7) is 1.93. The van der Waals surface area contributed by atoms with Gasteiger partial charge in [-0.3, -0.25) is 0 Å². The van der Waals surface area contributed by atoms with Gasteiger partial charge in [0.2, 0.25) is 0 Å². The Bertz CT molecular complexity index is 388. The molecule has 0 atom stereocenters. The van der Waals surface area contributed by atoms with Crippen LogP contribution in [0.4, 0.5) is 10.5 Å². The van der Waals surface area contributed by atoms with Crippen LogP contribution in [0.3, 0.4) is 0 Å². The van der Waals surface area contributed by atoms with Crippen LogP contribution in [-0.4, -0.2) is 12.1 Å². The number of benzene rings is 1. The summed E-state index contributed by atoms with van der Waals surface area (Å²) < 4.78 is 0. The Kier molecular flexibility index (Phi) is 2.82. The molecule has 0 spiro atoms. The van der Waals surface area contributed by atoms with Crippen LogP contribution in [0.5, 0.6) is 0 Å². The lowest BCUT2D eigenvalue weighted by atomic mass is 10.2. The van der Waals surface area contributed by atoms with Gasteiger partial charge in [-0.05, 0) is 37.5 Å². The zero-order chi connectivity index (χ0) is 10.8. The smallest absolute Gasteiger partial charge is 0.319 e. The van der Waals surface area contributed by atoms with Gasteiger partial charge >= 0.3 is 6.03 Å². The highest BCUT2D eigenvalue weighted by Crippen LogP contribution is 2.21. The molecule has 0 aliphatic heterocycles. The SMILES string of the molecule is Cc1ccc(NC(=O)NC2CC2)cc1Cl. The molecule has 3 nitrogen and oxygen atoms in total. The van der Waals surface area contributed by atoms with Crippen LogP contribution >= 0.6 is 11.6 Å². The number of nitrogens with one attached hydrogen (secondary N) is 2. The number of rotatable bonds is 2. The number of anilines is 1. The number of hydrogen-bond donors (Lipinski definition) is 2. The molecule has 1 aromatic carbocycles. The highest BCUT2D eigenvalue weighted by atomic mass is 35.5. The Hall–Kier alpha value is -1.22. The summed E-state index contributed by atoms with van der Waals surface area (Å²) in [5.41, 5.74) is 1.73. The van der Waals surface area contributed by atoms with E-state index in [1.807, 2.05) is 19.1 Å².